The monoisotopic (exact) mass is 281 g/mol. The molecule has 2 unspecified atom stereocenters. The molecule has 0 radical (unpaired) electrons. The molecule has 0 bridgehead atoms. The van der Waals surface area contributed by atoms with E-state index in [9.17, 15) is 0 Å². The lowest BCUT2D eigenvalue weighted by Gasteiger charge is -2.29. The third-order valence-electron chi connectivity index (χ3n) is 5.25. The highest BCUT2D eigenvalue weighted by Crippen LogP contribution is 2.38. The van der Waals surface area contributed by atoms with Crippen LogP contribution >= 0.6 is 0 Å². The molecule has 1 aliphatic carbocycles. The highest BCUT2D eigenvalue weighted by Gasteiger charge is 2.25. The van der Waals surface area contributed by atoms with E-state index in [2.05, 4.69) is 63.3 Å². The van der Waals surface area contributed by atoms with Crippen molar-refractivity contribution in [2.75, 3.05) is 6.54 Å². The Morgan fingerprint density at radius 2 is 1.71 bits per heavy atom. The van der Waals surface area contributed by atoms with Gasteiger partial charge >= 0.3 is 0 Å². The van der Waals surface area contributed by atoms with Crippen LogP contribution in [0.25, 0.3) is 10.8 Å². The highest BCUT2D eigenvalue weighted by molar-refractivity contribution is 5.93. The molecular formula is C20H27N. The van der Waals surface area contributed by atoms with Crippen LogP contribution in [0.4, 0.5) is 0 Å². The predicted octanol–water partition coefficient (Wildman–Crippen LogP) is 4.88. The van der Waals surface area contributed by atoms with Crippen molar-refractivity contribution in [1.82, 2.24) is 5.32 Å². The summed E-state index contributed by atoms with van der Waals surface area (Å²) in [7, 11) is 0. The zero-order valence-electron chi connectivity index (χ0n) is 13.7. The Hall–Kier alpha value is -1.34. The van der Waals surface area contributed by atoms with Gasteiger partial charge in [0.2, 0.25) is 0 Å². The van der Waals surface area contributed by atoms with E-state index < -0.39 is 0 Å². The van der Waals surface area contributed by atoms with Crippen molar-refractivity contribution >= 4 is 10.8 Å². The van der Waals surface area contributed by atoms with E-state index in [1.807, 2.05) is 0 Å². The van der Waals surface area contributed by atoms with Gasteiger partial charge in [0.1, 0.15) is 0 Å². The Labute approximate surface area is 128 Å². The van der Waals surface area contributed by atoms with Gasteiger partial charge in [-0.1, -0.05) is 58.0 Å². The smallest absolute Gasteiger partial charge is 0.0354 e. The summed E-state index contributed by atoms with van der Waals surface area (Å²) >= 11 is 0. The molecule has 1 N–H and O–H groups in total. The fourth-order valence-electron chi connectivity index (χ4n) is 3.72. The van der Waals surface area contributed by atoms with Crippen LogP contribution in [0.2, 0.25) is 0 Å². The molecule has 21 heavy (non-hydrogen) atoms. The molecule has 1 aliphatic rings. The van der Waals surface area contributed by atoms with Crippen molar-refractivity contribution in [2.45, 2.75) is 46.6 Å². The lowest BCUT2D eigenvalue weighted by molar-refractivity contribution is 0.309. The average Bonchev–Trinajstić information content (AvgIpc) is 2.90. The minimum atomic E-state index is 0.444. The van der Waals surface area contributed by atoms with Crippen molar-refractivity contribution in [3.63, 3.8) is 0 Å². The van der Waals surface area contributed by atoms with Crippen molar-refractivity contribution in [3.8, 4) is 0 Å². The number of rotatable bonds is 5. The van der Waals surface area contributed by atoms with Crippen LogP contribution < -0.4 is 5.32 Å². The third kappa shape index (κ3) is 2.48. The van der Waals surface area contributed by atoms with Crippen LogP contribution in [0.3, 0.4) is 0 Å². The third-order valence-corrected chi connectivity index (χ3v) is 5.25. The zero-order valence-corrected chi connectivity index (χ0v) is 13.7. The number of nitrogens with one attached hydrogen (secondary N) is 1. The Morgan fingerprint density at radius 1 is 1.00 bits per heavy atom. The average molecular weight is 281 g/mol. The predicted molar refractivity (Wildman–Crippen MR) is 91.8 cm³/mol. The van der Waals surface area contributed by atoms with Gasteiger partial charge in [-0.05, 0) is 58.7 Å². The molecule has 0 heterocycles. The Bertz CT molecular complexity index is 631. The second kappa shape index (κ2) is 5.81. The van der Waals surface area contributed by atoms with Crippen LogP contribution in [0.1, 0.15) is 50.4 Å². The van der Waals surface area contributed by atoms with Crippen LogP contribution in [0, 0.1) is 11.8 Å². The molecule has 0 saturated heterocycles. The molecule has 2 aromatic rings. The topological polar surface area (TPSA) is 12.0 Å². The first-order valence-electron chi connectivity index (χ1n) is 8.40. The highest BCUT2D eigenvalue weighted by atomic mass is 14.9. The maximum Gasteiger partial charge on any atom is 0.0354 e. The lowest BCUT2D eigenvalue weighted by atomic mass is 9.83. The molecule has 0 aliphatic heterocycles. The van der Waals surface area contributed by atoms with Crippen molar-refractivity contribution in [2.24, 2.45) is 11.8 Å². The first kappa shape index (κ1) is 14.6. The lowest BCUT2D eigenvalue weighted by Crippen LogP contribution is -2.29. The summed E-state index contributed by atoms with van der Waals surface area (Å²) in [5.74, 6) is 1.31. The summed E-state index contributed by atoms with van der Waals surface area (Å²) < 4.78 is 0. The minimum absolute atomic E-state index is 0.444. The molecule has 0 spiro atoms. The van der Waals surface area contributed by atoms with Gasteiger partial charge in [0, 0.05) is 6.04 Å². The molecule has 0 fully saturated rings. The Morgan fingerprint density at radius 3 is 2.38 bits per heavy atom. The maximum absolute atomic E-state index is 3.73. The molecule has 3 rings (SSSR count). The molecule has 2 aromatic carbocycles. The first-order chi connectivity index (χ1) is 10.1. The van der Waals surface area contributed by atoms with Crippen LogP contribution in [0.15, 0.2) is 30.3 Å². The SMILES string of the molecule is CCNC(c1ccc2c3c(cccc13)CC2)C(C)C(C)C. The van der Waals surface area contributed by atoms with Gasteiger partial charge in [-0.3, -0.25) is 0 Å². The Kier molecular flexibility index (Phi) is 4.03. The van der Waals surface area contributed by atoms with E-state index in [0.717, 1.165) is 6.54 Å². The van der Waals surface area contributed by atoms with Crippen LogP contribution in [0.5, 0.6) is 0 Å². The maximum atomic E-state index is 3.73. The summed E-state index contributed by atoms with van der Waals surface area (Å²) in [6.45, 7) is 10.3. The molecular weight excluding hydrogens is 254 g/mol. The molecule has 0 aromatic heterocycles. The van der Waals surface area contributed by atoms with E-state index in [-0.39, 0.29) is 0 Å². The summed E-state index contributed by atoms with van der Waals surface area (Å²) in [4.78, 5) is 0. The van der Waals surface area contributed by atoms with Gasteiger partial charge in [0.05, 0.1) is 0 Å². The number of hydrogen-bond donors (Lipinski definition) is 1. The van der Waals surface area contributed by atoms with E-state index in [0.29, 0.717) is 17.9 Å². The van der Waals surface area contributed by atoms with Crippen LogP contribution in [-0.4, -0.2) is 6.54 Å². The van der Waals surface area contributed by atoms with Crippen molar-refractivity contribution in [1.29, 1.82) is 0 Å². The quantitative estimate of drug-likeness (QED) is 0.823. The summed E-state index contributed by atoms with van der Waals surface area (Å²) in [6.07, 6.45) is 2.42. The molecule has 0 amide bonds. The minimum Gasteiger partial charge on any atom is -0.310 e. The van der Waals surface area contributed by atoms with E-state index in [4.69, 9.17) is 0 Å². The van der Waals surface area contributed by atoms with Gasteiger partial charge in [-0.25, -0.2) is 0 Å². The van der Waals surface area contributed by atoms with Gasteiger partial charge < -0.3 is 5.32 Å². The van der Waals surface area contributed by atoms with E-state index in [1.165, 1.54) is 40.3 Å². The fourth-order valence-corrected chi connectivity index (χ4v) is 3.72. The largest absolute Gasteiger partial charge is 0.310 e. The summed E-state index contributed by atoms with van der Waals surface area (Å²) in [5.41, 5.74) is 4.56. The van der Waals surface area contributed by atoms with Crippen molar-refractivity contribution < 1.29 is 0 Å². The first-order valence-corrected chi connectivity index (χ1v) is 8.40. The van der Waals surface area contributed by atoms with Crippen molar-refractivity contribution in [3.05, 3.63) is 47.0 Å². The molecule has 2 atom stereocenters. The standard InChI is InChI=1S/C20H27N/c1-5-21-20(14(4)13(2)3)18-12-11-16-10-9-15-7-6-8-17(18)19(15)16/h6-8,11-14,20-21H,5,9-10H2,1-4H3. The molecule has 1 nitrogen and oxygen atoms in total. The molecule has 112 valence electrons. The summed E-state index contributed by atoms with van der Waals surface area (Å²) in [5, 5.41) is 6.74. The van der Waals surface area contributed by atoms with E-state index in [1.54, 1.807) is 0 Å². The van der Waals surface area contributed by atoms with Gasteiger partial charge in [0.15, 0.2) is 0 Å². The number of benzene rings is 2. The molecule has 1 heteroatoms. The number of hydrogen-bond acceptors (Lipinski definition) is 1. The van der Waals surface area contributed by atoms with Gasteiger partial charge in [0.25, 0.3) is 0 Å². The normalized spacial score (nSPS) is 16.6. The molecule has 0 saturated carbocycles. The second-order valence-corrected chi connectivity index (χ2v) is 6.79. The summed E-state index contributed by atoms with van der Waals surface area (Å²) in [6, 6.07) is 12.0. The van der Waals surface area contributed by atoms with E-state index >= 15 is 0 Å². The zero-order chi connectivity index (χ0) is 15.0. The van der Waals surface area contributed by atoms with Crippen LogP contribution in [-0.2, 0) is 12.8 Å². The second-order valence-electron chi connectivity index (χ2n) is 6.79. The number of aryl methyl sites for hydroxylation is 2. The van der Waals surface area contributed by atoms with Gasteiger partial charge in [-0.2, -0.15) is 0 Å². The Balaban J connectivity index is 2.15. The fraction of sp³-hybridized carbons (Fsp3) is 0.500. The van der Waals surface area contributed by atoms with Gasteiger partial charge in [-0.15, -0.1) is 0 Å².